The summed E-state index contributed by atoms with van der Waals surface area (Å²) in [6.07, 6.45) is 6.41. The zero-order valence-electron chi connectivity index (χ0n) is 11.9. The zero-order valence-corrected chi connectivity index (χ0v) is 11.9. The summed E-state index contributed by atoms with van der Waals surface area (Å²) in [6, 6.07) is -0.0311. The molecular weight excluding hydrogens is 242 g/mol. The first-order valence-corrected chi connectivity index (χ1v) is 7.45. The summed E-state index contributed by atoms with van der Waals surface area (Å²) in [4.78, 5) is 23.4. The molecule has 4 N–H and O–H groups in total. The Labute approximate surface area is 115 Å². The summed E-state index contributed by atoms with van der Waals surface area (Å²) in [6.45, 7) is 3.10. The molecule has 0 saturated heterocycles. The van der Waals surface area contributed by atoms with Crippen molar-refractivity contribution in [3.8, 4) is 0 Å². The smallest absolute Gasteiger partial charge is 0.224 e. The summed E-state index contributed by atoms with van der Waals surface area (Å²) >= 11 is 0. The lowest BCUT2D eigenvalue weighted by molar-refractivity contribution is -0.126. The molecule has 1 saturated carbocycles. The Morgan fingerprint density at radius 2 is 1.84 bits per heavy atom. The van der Waals surface area contributed by atoms with Gasteiger partial charge in [-0.1, -0.05) is 26.2 Å². The van der Waals surface area contributed by atoms with E-state index in [1.807, 2.05) is 6.92 Å². The van der Waals surface area contributed by atoms with E-state index < -0.39 is 0 Å². The second-order valence-corrected chi connectivity index (χ2v) is 5.30. The van der Waals surface area contributed by atoms with Gasteiger partial charge in [-0.25, -0.2) is 0 Å². The Morgan fingerprint density at radius 3 is 2.58 bits per heavy atom. The Balaban J connectivity index is 2.24. The molecule has 1 aliphatic carbocycles. The van der Waals surface area contributed by atoms with Crippen LogP contribution in [0.2, 0.25) is 0 Å². The molecule has 0 radical (unpaired) electrons. The molecule has 1 fully saturated rings. The van der Waals surface area contributed by atoms with Crippen molar-refractivity contribution >= 4 is 11.8 Å². The molecule has 1 aliphatic rings. The molecule has 5 nitrogen and oxygen atoms in total. The van der Waals surface area contributed by atoms with E-state index >= 15 is 0 Å². The van der Waals surface area contributed by atoms with E-state index in [9.17, 15) is 9.59 Å². The van der Waals surface area contributed by atoms with Crippen molar-refractivity contribution in [2.75, 3.05) is 13.1 Å². The van der Waals surface area contributed by atoms with Crippen LogP contribution in [-0.4, -0.2) is 30.9 Å². The van der Waals surface area contributed by atoms with Gasteiger partial charge in [0.05, 0.1) is 5.92 Å². The first-order valence-electron chi connectivity index (χ1n) is 7.45. The van der Waals surface area contributed by atoms with Crippen LogP contribution < -0.4 is 16.4 Å². The average Bonchev–Trinajstić information content (AvgIpc) is 2.61. The van der Waals surface area contributed by atoms with Crippen LogP contribution in [0.4, 0.5) is 0 Å². The first-order chi connectivity index (χ1) is 9.15. The lowest BCUT2D eigenvalue weighted by Crippen LogP contribution is -2.42. The molecule has 2 atom stereocenters. The SMILES string of the molecule is CCCNC(=O)CCNC(=O)C1CCCCCC1N. The van der Waals surface area contributed by atoms with Crippen molar-refractivity contribution < 1.29 is 9.59 Å². The minimum absolute atomic E-state index is 0.00712. The molecule has 0 spiro atoms. The lowest BCUT2D eigenvalue weighted by atomic mass is 9.94. The fourth-order valence-corrected chi connectivity index (χ4v) is 2.44. The fourth-order valence-electron chi connectivity index (χ4n) is 2.44. The normalized spacial score (nSPS) is 23.5. The second-order valence-electron chi connectivity index (χ2n) is 5.30. The van der Waals surface area contributed by atoms with Gasteiger partial charge in [0.25, 0.3) is 0 Å². The Morgan fingerprint density at radius 1 is 1.11 bits per heavy atom. The van der Waals surface area contributed by atoms with Gasteiger partial charge in [-0.2, -0.15) is 0 Å². The summed E-state index contributed by atoms with van der Waals surface area (Å²) < 4.78 is 0. The van der Waals surface area contributed by atoms with E-state index in [0.717, 1.165) is 38.5 Å². The number of nitrogens with two attached hydrogens (primary N) is 1. The van der Waals surface area contributed by atoms with Gasteiger partial charge in [0.2, 0.25) is 11.8 Å². The highest BCUT2D eigenvalue weighted by molar-refractivity contribution is 5.81. The fraction of sp³-hybridized carbons (Fsp3) is 0.857. The lowest BCUT2D eigenvalue weighted by Gasteiger charge is -2.20. The van der Waals surface area contributed by atoms with Crippen molar-refractivity contribution in [2.45, 2.75) is 57.9 Å². The highest BCUT2D eigenvalue weighted by Crippen LogP contribution is 2.22. The van der Waals surface area contributed by atoms with Crippen LogP contribution >= 0.6 is 0 Å². The van der Waals surface area contributed by atoms with Crippen LogP contribution in [0.3, 0.4) is 0 Å². The van der Waals surface area contributed by atoms with E-state index in [-0.39, 0.29) is 23.8 Å². The Kier molecular flexibility index (Phi) is 7.48. The average molecular weight is 269 g/mol. The molecule has 2 unspecified atom stereocenters. The third-order valence-corrected chi connectivity index (χ3v) is 3.63. The van der Waals surface area contributed by atoms with Gasteiger partial charge in [-0.3, -0.25) is 9.59 Å². The number of rotatable bonds is 6. The number of amides is 2. The molecule has 0 aliphatic heterocycles. The predicted octanol–water partition coefficient (Wildman–Crippen LogP) is 0.927. The van der Waals surface area contributed by atoms with Crippen LogP contribution in [0.25, 0.3) is 0 Å². The molecule has 1 rings (SSSR count). The van der Waals surface area contributed by atoms with Crippen molar-refractivity contribution in [3.05, 3.63) is 0 Å². The Bertz CT molecular complexity index is 294. The van der Waals surface area contributed by atoms with Crippen LogP contribution in [0, 0.1) is 5.92 Å². The van der Waals surface area contributed by atoms with Gasteiger partial charge in [-0.15, -0.1) is 0 Å². The van der Waals surface area contributed by atoms with Gasteiger partial charge in [-0.05, 0) is 19.3 Å². The predicted molar refractivity (Wildman–Crippen MR) is 75.5 cm³/mol. The molecule has 0 bridgehead atoms. The van der Waals surface area contributed by atoms with Gasteiger partial charge in [0.15, 0.2) is 0 Å². The molecule has 0 aromatic rings. The molecule has 2 amide bonds. The standard InChI is InChI=1S/C14H27N3O2/c1-2-9-16-13(18)8-10-17-14(19)11-6-4-3-5-7-12(11)15/h11-12H,2-10,15H2,1H3,(H,16,18)(H,17,19). The molecule has 110 valence electrons. The minimum atomic E-state index is -0.0822. The minimum Gasteiger partial charge on any atom is -0.356 e. The second kappa shape index (κ2) is 8.91. The highest BCUT2D eigenvalue weighted by atomic mass is 16.2. The van der Waals surface area contributed by atoms with Gasteiger partial charge >= 0.3 is 0 Å². The monoisotopic (exact) mass is 269 g/mol. The molecule has 0 heterocycles. The van der Waals surface area contributed by atoms with Crippen molar-refractivity contribution in [1.29, 1.82) is 0 Å². The number of hydrogen-bond donors (Lipinski definition) is 3. The van der Waals surface area contributed by atoms with Crippen LogP contribution in [0.15, 0.2) is 0 Å². The summed E-state index contributed by atoms with van der Waals surface area (Å²) in [5, 5.41) is 5.63. The van der Waals surface area contributed by atoms with Crippen molar-refractivity contribution in [1.82, 2.24) is 10.6 Å². The van der Waals surface area contributed by atoms with Crippen LogP contribution in [-0.2, 0) is 9.59 Å². The largest absolute Gasteiger partial charge is 0.356 e. The summed E-state index contributed by atoms with van der Waals surface area (Å²) in [5.74, 6) is -0.0776. The van der Waals surface area contributed by atoms with Crippen LogP contribution in [0.1, 0.15) is 51.9 Å². The van der Waals surface area contributed by atoms with Gasteiger partial charge in [0, 0.05) is 25.6 Å². The first kappa shape index (κ1) is 16.0. The van der Waals surface area contributed by atoms with E-state index in [2.05, 4.69) is 10.6 Å². The maximum Gasteiger partial charge on any atom is 0.224 e. The Hall–Kier alpha value is -1.10. The number of carbonyl (C=O) groups is 2. The van der Waals surface area contributed by atoms with Gasteiger partial charge < -0.3 is 16.4 Å². The van der Waals surface area contributed by atoms with E-state index in [0.29, 0.717) is 19.5 Å². The molecule has 19 heavy (non-hydrogen) atoms. The maximum absolute atomic E-state index is 12.0. The third kappa shape index (κ3) is 6.05. The molecule has 0 aromatic heterocycles. The maximum atomic E-state index is 12.0. The molecular formula is C14H27N3O2. The van der Waals surface area contributed by atoms with Gasteiger partial charge in [0.1, 0.15) is 0 Å². The van der Waals surface area contributed by atoms with Crippen molar-refractivity contribution in [2.24, 2.45) is 11.7 Å². The topological polar surface area (TPSA) is 84.2 Å². The summed E-state index contributed by atoms with van der Waals surface area (Å²) in [7, 11) is 0. The zero-order chi connectivity index (χ0) is 14.1. The third-order valence-electron chi connectivity index (χ3n) is 3.63. The molecule has 0 aromatic carbocycles. The highest BCUT2D eigenvalue weighted by Gasteiger charge is 2.26. The van der Waals surface area contributed by atoms with Crippen molar-refractivity contribution in [3.63, 3.8) is 0 Å². The molecule has 5 heteroatoms. The van der Waals surface area contributed by atoms with E-state index in [4.69, 9.17) is 5.73 Å². The number of nitrogens with one attached hydrogen (secondary N) is 2. The summed E-state index contributed by atoms with van der Waals surface area (Å²) in [5.41, 5.74) is 6.04. The quantitative estimate of drug-likeness (QED) is 0.627. The number of hydrogen-bond acceptors (Lipinski definition) is 3. The van der Waals surface area contributed by atoms with Crippen LogP contribution in [0.5, 0.6) is 0 Å². The van der Waals surface area contributed by atoms with E-state index in [1.165, 1.54) is 0 Å². The number of carbonyl (C=O) groups excluding carboxylic acids is 2. The van der Waals surface area contributed by atoms with E-state index in [1.54, 1.807) is 0 Å².